The third-order valence-corrected chi connectivity index (χ3v) is 2.61. The maximum absolute atomic E-state index is 9.88. The van der Waals surface area contributed by atoms with Crippen LogP contribution in [0.4, 0.5) is 0 Å². The van der Waals surface area contributed by atoms with Crippen molar-refractivity contribution in [3.8, 4) is 0 Å². The number of benzene rings is 1. The van der Waals surface area contributed by atoms with E-state index >= 15 is 0 Å². The van der Waals surface area contributed by atoms with Gasteiger partial charge in [-0.25, -0.2) is 0 Å². The van der Waals surface area contributed by atoms with E-state index in [2.05, 4.69) is 31.2 Å². The zero-order chi connectivity index (χ0) is 11.4. The number of aliphatic hydroxyl groups is 1. The molecule has 0 spiro atoms. The summed E-state index contributed by atoms with van der Waals surface area (Å²) in [4.78, 5) is 0. The van der Waals surface area contributed by atoms with Crippen LogP contribution in [-0.2, 0) is 12.8 Å². The van der Waals surface area contributed by atoms with Crippen LogP contribution in [0, 0.1) is 6.92 Å². The molecular weight excluding hydrogens is 200 g/mol. The highest BCUT2D eigenvalue weighted by Gasteiger charge is 2.08. The molecule has 0 fully saturated rings. The first-order valence-electron chi connectivity index (χ1n) is 5.50. The largest absolute Gasteiger partial charge is 0.469 e. The van der Waals surface area contributed by atoms with E-state index in [4.69, 9.17) is 4.42 Å². The van der Waals surface area contributed by atoms with Gasteiger partial charge in [-0.15, -0.1) is 0 Å². The van der Waals surface area contributed by atoms with Crippen molar-refractivity contribution in [3.05, 3.63) is 59.5 Å². The zero-order valence-corrected chi connectivity index (χ0v) is 9.39. The number of hydrogen-bond donors (Lipinski definition) is 1. The molecule has 0 bridgehead atoms. The van der Waals surface area contributed by atoms with Gasteiger partial charge in [0.15, 0.2) is 0 Å². The van der Waals surface area contributed by atoms with E-state index in [0.29, 0.717) is 12.8 Å². The van der Waals surface area contributed by atoms with Crippen molar-refractivity contribution in [2.75, 3.05) is 0 Å². The summed E-state index contributed by atoms with van der Waals surface area (Å²) in [6.07, 6.45) is 2.49. The summed E-state index contributed by atoms with van der Waals surface area (Å²) in [5, 5.41) is 9.88. The Bertz CT molecular complexity index is 415. The maximum Gasteiger partial charge on any atom is 0.106 e. The summed E-state index contributed by atoms with van der Waals surface area (Å²) in [5.41, 5.74) is 2.40. The normalized spacial score (nSPS) is 12.6. The monoisotopic (exact) mass is 216 g/mol. The molecule has 2 heteroatoms. The molecule has 0 aliphatic rings. The van der Waals surface area contributed by atoms with Crippen LogP contribution in [0.15, 0.2) is 47.1 Å². The van der Waals surface area contributed by atoms with Gasteiger partial charge in [0.05, 0.1) is 12.4 Å². The lowest BCUT2D eigenvalue weighted by Crippen LogP contribution is -2.13. The summed E-state index contributed by atoms with van der Waals surface area (Å²) in [7, 11) is 0. The Balaban J connectivity index is 1.92. The Morgan fingerprint density at radius 1 is 1.12 bits per heavy atom. The topological polar surface area (TPSA) is 33.4 Å². The minimum Gasteiger partial charge on any atom is -0.469 e. The van der Waals surface area contributed by atoms with Gasteiger partial charge in [0.1, 0.15) is 5.76 Å². The van der Waals surface area contributed by atoms with Gasteiger partial charge in [-0.05, 0) is 31.0 Å². The van der Waals surface area contributed by atoms with Crippen molar-refractivity contribution in [2.24, 2.45) is 0 Å². The van der Waals surface area contributed by atoms with Crippen LogP contribution >= 0.6 is 0 Å². The number of hydrogen-bond acceptors (Lipinski definition) is 2. The second-order valence-electron chi connectivity index (χ2n) is 4.13. The number of rotatable bonds is 4. The molecule has 1 unspecified atom stereocenters. The first-order chi connectivity index (χ1) is 7.74. The van der Waals surface area contributed by atoms with Crippen molar-refractivity contribution < 1.29 is 9.52 Å². The van der Waals surface area contributed by atoms with Gasteiger partial charge < -0.3 is 9.52 Å². The Kier molecular flexibility index (Phi) is 3.42. The lowest BCUT2D eigenvalue weighted by Gasteiger charge is -2.09. The number of aryl methyl sites for hydroxylation is 1. The fourth-order valence-electron chi connectivity index (χ4n) is 1.73. The van der Waals surface area contributed by atoms with Crippen LogP contribution < -0.4 is 0 Å². The van der Waals surface area contributed by atoms with Gasteiger partial charge in [-0.2, -0.15) is 0 Å². The van der Waals surface area contributed by atoms with Crippen molar-refractivity contribution in [3.63, 3.8) is 0 Å². The van der Waals surface area contributed by atoms with E-state index in [1.807, 2.05) is 12.1 Å². The molecule has 1 atom stereocenters. The standard InChI is InChI=1S/C14H16O2/c1-11-4-6-12(7-5-11)9-13(15)10-14-3-2-8-16-14/h2-8,13,15H,9-10H2,1H3. The van der Waals surface area contributed by atoms with Crippen LogP contribution in [-0.4, -0.2) is 11.2 Å². The molecule has 2 rings (SSSR count). The first kappa shape index (κ1) is 11.0. The van der Waals surface area contributed by atoms with E-state index < -0.39 is 0 Å². The van der Waals surface area contributed by atoms with Gasteiger partial charge in [-0.1, -0.05) is 29.8 Å². The average molecular weight is 216 g/mol. The van der Waals surface area contributed by atoms with E-state index in [1.165, 1.54) is 5.56 Å². The van der Waals surface area contributed by atoms with Gasteiger partial charge in [0.2, 0.25) is 0 Å². The molecule has 0 aliphatic heterocycles. The lowest BCUT2D eigenvalue weighted by atomic mass is 10.0. The van der Waals surface area contributed by atoms with Gasteiger partial charge in [0, 0.05) is 6.42 Å². The molecule has 2 aromatic rings. The minimum atomic E-state index is -0.381. The maximum atomic E-state index is 9.88. The summed E-state index contributed by atoms with van der Waals surface area (Å²) in [6, 6.07) is 12.0. The molecule has 1 N–H and O–H groups in total. The fraction of sp³-hybridized carbons (Fsp3) is 0.286. The Morgan fingerprint density at radius 3 is 2.50 bits per heavy atom. The fourth-order valence-corrected chi connectivity index (χ4v) is 1.73. The second kappa shape index (κ2) is 4.99. The molecule has 84 valence electrons. The van der Waals surface area contributed by atoms with E-state index in [1.54, 1.807) is 6.26 Å². The third-order valence-electron chi connectivity index (χ3n) is 2.61. The highest BCUT2D eigenvalue weighted by molar-refractivity contribution is 5.22. The third kappa shape index (κ3) is 2.97. The number of aliphatic hydroxyl groups excluding tert-OH is 1. The SMILES string of the molecule is Cc1ccc(CC(O)Cc2ccco2)cc1. The number of furan rings is 1. The van der Waals surface area contributed by atoms with Crippen LogP contribution in [0.5, 0.6) is 0 Å². The average Bonchev–Trinajstić information content (AvgIpc) is 2.74. The van der Waals surface area contributed by atoms with Gasteiger partial charge in [-0.3, -0.25) is 0 Å². The summed E-state index contributed by atoms with van der Waals surface area (Å²) >= 11 is 0. The Hall–Kier alpha value is -1.54. The molecule has 2 nitrogen and oxygen atoms in total. The van der Waals surface area contributed by atoms with Gasteiger partial charge in [0.25, 0.3) is 0 Å². The quantitative estimate of drug-likeness (QED) is 0.852. The molecule has 0 amide bonds. The first-order valence-corrected chi connectivity index (χ1v) is 5.50. The van der Waals surface area contributed by atoms with Crippen LogP contribution in [0.2, 0.25) is 0 Å². The molecule has 16 heavy (non-hydrogen) atoms. The van der Waals surface area contributed by atoms with Crippen molar-refractivity contribution in [1.82, 2.24) is 0 Å². The Labute approximate surface area is 95.5 Å². The molecule has 0 radical (unpaired) electrons. The molecule has 0 aliphatic carbocycles. The van der Waals surface area contributed by atoms with Crippen molar-refractivity contribution in [1.29, 1.82) is 0 Å². The molecule has 1 aromatic carbocycles. The molecule has 1 aromatic heterocycles. The van der Waals surface area contributed by atoms with Crippen LogP contribution in [0.25, 0.3) is 0 Å². The second-order valence-corrected chi connectivity index (χ2v) is 4.13. The van der Waals surface area contributed by atoms with Gasteiger partial charge >= 0.3 is 0 Å². The molecule has 1 heterocycles. The van der Waals surface area contributed by atoms with E-state index in [9.17, 15) is 5.11 Å². The van der Waals surface area contributed by atoms with Crippen molar-refractivity contribution in [2.45, 2.75) is 25.9 Å². The predicted molar refractivity (Wildman–Crippen MR) is 63.3 cm³/mol. The summed E-state index contributed by atoms with van der Waals surface area (Å²) in [5.74, 6) is 0.833. The van der Waals surface area contributed by atoms with Crippen molar-refractivity contribution >= 4 is 0 Å². The molecule has 0 saturated heterocycles. The minimum absolute atomic E-state index is 0.381. The summed E-state index contributed by atoms with van der Waals surface area (Å²) < 4.78 is 5.20. The smallest absolute Gasteiger partial charge is 0.106 e. The highest BCUT2D eigenvalue weighted by Crippen LogP contribution is 2.10. The molecule has 0 saturated carbocycles. The molecular formula is C14H16O2. The van der Waals surface area contributed by atoms with E-state index in [0.717, 1.165) is 11.3 Å². The predicted octanol–water partition coefficient (Wildman–Crippen LogP) is 2.73. The lowest BCUT2D eigenvalue weighted by molar-refractivity contribution is 0.168. The Morgan fingerprint density at radius 2 is 1.88 bits per heavy atom. The summed E-state index contributed by atoms with van der Waals surface area (Å²) in [6.45, 7) is 2.06. The zero-order valence-electron chi connectivity index (χ0n) is 9.39. The van der Waals surface area contributed by atoms with E-state index in [-0.39, 0.29) is 6.10 Å². The van der Waals surface area contributed by atoms with Crippen LogP contribution in [0.3, 0.4) is 0 Å². The highest BCUT2D eigenvalue weighted by atomic mass is 16.3. The van der Waals surface area contributed by atoms with Crippen LogP contribution in [0.1, 0.15) is 16.9 Å².